The number of nitrogens with zero attached hydrogens (tertiary/aromatic N) is 2. The fourth-order valence-electron chi connectivity index (χ4n) is 3.14. The molecule has 1 aliphatic heterocycles. The molecule has 1 amide bonds. The molecule has 0 aromatic carbocycles. The standard InChI is InChI=1S/C14H22N4O/c1-10-8-13(16-14(19)11-6-7-15-9-11)18(17-10)12-4-2-3-5-12/h8,11-12,15H,2-7,9H2,1H3,(H,16,19)/t11-/m1/s1. The van der Waals surface area contributed by atoms with E-state index in [0.29, 0.717) is 6.04 Å². The molecule has 5 nitrogen and oxygen atoms in total. The number of hydrogen-bond acceptors (Lipinski definition) is 3. The van der Waals surface area contributed by atoms with Crippen molar-refractivity contribution in [2.45, 2.75) is 45.1 Å². The summed E-state index contributed by atoms with van der Waals surface area (Å²) < 4.78 is 2.03. The van der Waals surface area contributed by atoms with Gasteiger partial charge >= 0.3 is 0 Å². The number of aryl methyl sites for hydroxylation is 1. The van der Waals surface area contributed by atoms with Crippen LogP contribution in [-0.4, -0.2) is 28.8 Å². The summed E-state index contributed by atoms with van der Waals surface area (Å²) in [4.78, 5) is 12.2. The number of anilines is 1. The van der Waals surface area contributed by atoms with Gasteiger partial charge in [-0.1, -0.05) is 12.8 Å². The molecule has 3 rings (SSSR count). The van der Waals surface area contributed by atoms with Gasteiger partial charge in [-0.15, -0.1) is 0 Å². The van der Waals surface area contributed by atoms with Crippen LogP contribution in [0.2, 0.25) is 0 Å². The Labute approximate surface area is 113 Å². The van der Waals surface area contributed by atoms with Gasteiger partial charge in [0.25, 0.3) is 0 Å². The van der Waals surface area contributed by atoms with Crippen LogP contribution in [0, 0.1) is 12.8 Å². The van der Waals surface area contributed by atoms with E-state index < -0.39 is 0 Å². The van der Waals surface area contributed by atoms with Gasteiger partial charge in [0.2, 0.25) is 5.91 Å². The number of aromatic nitrogens is 2. The first kappa shape index (κ1) is 12.7. The Morgan fingerprint density at radius 3 is 2.89 bits per heavy atom. The average Bonchev–Trinajstić information content (AvgIpc) is 3.09. The molecule has 1 aliphatic carbocycles. The van der Waals surface area contributed by atoms with E-state index in [2.05, 4.69) is 15.7 Å². The Morgan fingerprint density at radius 1 is 1.42 bits per heavy atom. The second kappa shape index (κ2) is 5.33. The molecule has 1 saturated carbocycles. The van der Waals surface area contributed by atoms with Crippen molar-refractivity contribution in [2.24, 2.45) is 5.92 Å². The largest absolute Gasteiger partial charge is 0.316 e. The zero-order valence-corrected chi connectivity index (χ0v) is 11.5. The van der Waals surface area contributed by atoms with E-state index in [1.54, 1.807) is 0 Å². The maximum atomic E-state index is 12.2. The highest BCUT2D eigenvalue weighted by atomic mass is 16.2. The highest BCUT2D eigenvalue weighted by Gasteiger charge is 2.25. The van der Waals surface area contributed by atoms with E-state index in [1.165, 1.54) is 25.7 Å². The maximum absolute atomic E-state index is 12.2. The van der Waals surface area contributed by atoms with Crippen LogP contribution in [-0.2, 0) is 4.79 Å². The Bertz CT molecular complexity index is 456. The third-order valence-electron chi connectivity index (χ3n) is 4.21. The molecule has 1 atom stereocenters. The van der Waals surface area contributed by atoms with E-state index in [1.807, 2.05) is 17.7 Å². The lowest BCUT2D eigenvalue weighted by Crippen LogP contribution is -2.26. The fraction of sp³-hybridized carbons (Fsp3) is 0.714. The van der Waals surface area contributed by atoms with Crippen molar-refractivity contribution in [1.29, 1.82) is 0 Å². The number of rotatable bonds is 3. The van der Waals surface area contributed by atoms with Gasteiger partial charge in [0.1, 0.15) is 5.82 Å². The lowest BCUT2D eigenvalue weighted by Gasteiger charge is -2.16. The van der Waals surface area contributed by atoms with Gasteiger partial charge in [-0.3, -0.25) is 4.79 Å². The first-order valence-corrected chi connectivity index (χ1v) is 7.32. The van der Waals surface area contributed by atoms with Gasteiger partial charge in [-0.25, -0.2) is 4.68 Å². The molecule has 0 unspecified atom stereocenters. The minimum Gasteiger partial charge on any atom is -0.316 e. The summed E-state index contributed by atoms with van der Waals surface area (Å²) in [6.07, 6.45) is 5.82. The zero-order chi connectivity index (χ0) is 13.2. The second-order valence-corrected chi connectivity index (χ2v) is 5.73. The molecule has 2 N–H and O–H groups in total. The molecule has 1 saturated heterocycles. The predicted octanol–water partition coefficient (Wildman–Crippen LogP) is 1.85. The van der Waals surface area contributed by atoms with E-state index in [4.69, 9.17) is 0 Å². The summed E-state index contributed by atoms with van der Waals surface area (Å²) in [7, 11) is 0. The predicted molar refractivity (Wildman–Crippen MR) is 74.1 cm³/mol. The van der Waals surface area contributed by atoms with Gasteiger partial charge in [-0.05, 0) is 32.7 Å². The second-order valence-electron chi connectivity index (χ2n) is 5.73. The highest BCUT2D eigenvalue weighted by molar-refractivity contribution is 5.92. The van der Waals surface area contributed by atoms with Crippen molar-refractivity contribution >= 4 is 11.7 Å². The quantitative estimate of drug-likeness (QED) is 0.874. The Morgan fingerprint density at radius 2 is 2.21 bits per heavy atom. The number of carbonyl (C=O) groups excluding carboxylic acids is 1. The van der Waals surface area contributed by atoms with Gasteiger partial charge in [-0.2, -0.15) is 5.10 Å². The molecule has 104 valence electrons. The number of nitrogens with one attached hydrogen (secondary N) is 2. The van der Waals surface area contributed by atoms with Crippen molar-refractivity contribution in [3.05, 3.63) is 11.8 Å². The molecular weight excluding hydrogens is 240 g/mol. The molecular formula is C14H22N4O. The summed E-state index contributed by atoms with van der Waals surface area (Å²) in [6, 6.07) is 2.45. The number of carbonyl (C=O) groups is 1. The molecule has 5 heteroatoms. The first-order chi connectivity index (χ1) is 9.24. The van der Waals surface area contributed by atoms with Crippen LogP contribution in [0.4, 0.5) is 5.82 Å². The molecule has 1 aromatic rings. The van der Waals surface area contributed by atoms with Crippen molar-refractivity contribution in [3.8, 4) is 0 Å². The van der Waals surface area contributed by atoms with Crippen LogP contribution in [0.15, 0.2) is 6.07 Å². The number of hydrogen-bond donors (Lipinski definition) is 2. The molecule has 1 aromatic heterocycles. The van der Waals surface area contributed by atoms with Gasteiger partial charge < -0.3 is 10.6 Å². The lowest BCUT2D eigenvalue weighted by atomic mass is 10.1. The summed E-state index contributed by atoms with van der Waals surface area (Å²) >= 11 is 0. The molecule has 19 heavy (non-hydrogen) atoms. The van der Waals surface area contributed by atoms with E-state index >= 15 is 0 Å². The van der Waals surface area contributed by atoms with Crippen LogP contribution in [0.5, 0.6) is 0 Å². The maximum Gasteiger partial charge on any atom is 0.229 e. The van der Waals surface area contributed by atoms with E-state index in [0.717, 1.165) is 31.0 Å². The Balaban J connectivity index is 1.74. The third kappa shape index (κ3) is 2.66. The van der Waals surface area contributed by atoms with Gasteiger partial charge in [0.15, 0.2) is 0 Å². The monoisotopic (exact) mass is 262 g/mol. The Hall–Kier alpha value is -1.36. The minimum atomic E-state index is 0.104. The topological polar surface area (TPSA) is 59.0 Å². The van der Waals surface area contributed by atoms with Crippen LogP contribution in [0.25, 0.3) is 0 Å². The van der Waals surface area contributed by atoms with Gasteiger partial charge in [0, 0.05) is 12.6 Å². The normalized spacial score (nSPS) is 23.9. The molecule has 2 fully saturated rings. The SMILES string of the molecule is Cc1cc(NC(=O)[C@@H]2CCNC2)n(C2CCCC2)n1. The molecule has 2 heterocycles. The highest BCUT2D eigenvalue weighted by Crippen LogP contribution is 2.32. The fourth-order valence-corrected chi connectivity index (χ4v) is 3.14. The van der Waals surface area contributed by atoms with Gasteiger partial charge in [0.05, 0.1) is 17.7 Å². The van der Waals surface area contributed by atoms with Crippen LogP contribution in [0.3, 0.4) is 0 Å². The smallest absolute Gasteiger partial charge is 0.229 e. The minimum absolute atomic E-state index is 0.104. The van der Waals surface area contributed by atoms with Crippen LogP contribution < -0.4 is 10.6 Å². The molecule has 0 spiro atoms. The van der Waals surface area contributed by atoms with Crippen molar-refractivity contribution < 1.29 is 4.79 Å². The van der Waals surface area contributed by atoms with E-state index in [9.17, 15) is 4.79 Å². The van der Waals surface area contributed by atoms with E-state index in [-0.39, 0.29) is 11.8 Å². The van der Waals surface area contributed by atoms with Crippen LogP contribution in [0.1, 0.15) is 43.8 Å². The summed E-state index contributed by atoms with van der Waals surface area (Å²) in [5, 5.41) is 10.9. The molecule has 0 radical (unpaired) electrons. The average molecular weight is 262 g/mol. The summed E-state index contributed by atoms with van der Waals surface area (Å²) in [5.41, 5.74) is 0.978. The molecule has 2 aliphatic rings. The molecule has 0 bridgehead atoms. The van der Waals surface area contributed by atoms with Crippen molar-refractivity contribution in [1.82, 2.24) is 15.1 Å². The first-order valence-electron chi connectivity index (χ1n) is 7.32. The number of amides is 1. The summed E-state index contributed by atoms with van der Waals surface area (Å²) in [6.45, 7) is 3.72. The van der Waals surface area contributed by atoms with Crippen molar-refractivity contribution in [3.63, 3.8) is 0 Å². The summed E-state index contributed by atoms with van der Waals surface area (Å²) in [5.74, 6) is 1.11. The zero-order valence-electron chi connectivity index (χ0n) is 11.5. The Kier molecular flexibility index (Phi) is 3.55. The van der Waals surface area contributed by atoms with Crippen molar-refractivity contribution in [2.75, 3.05) is 18.4 Å². The third-order valence-corrected chi connectivity index (χ3v) is 4.21. The lowest BCUT2D eigenvalue weighted by molar-refractivity contribution is -0.119. The van der Waals surface area contributed by atoms with Crippen LogP contribution >= 0.6 is 0 Å².